The molecule has 59 heavy (non-hydrogen) atoms. The molecular weight excluding hydrogens is 781 g/mol. The standard InChI is InChI=1S/C42H52N6O10S/c1-7-56-39-28(27-44-59(50)51)22-29(42(2,3)4)23-36(39)47-41(49)46-35-12-13-37(34-11-9-8-10-33(34)35)58-38-14-15-43-40(48-38)45-30-24-31(53-6)26-32(25-30)57-21-20-55-19-18-54-17-16-52-5/h8-15,22-26,44H,7,16-21,27H2,1-6H3,(H,50,51)(H,43,45,48)(H2,46,47,49). The number of ether oxygens (including phenoxy) is 7. The number of fused-ring (bicyclic) bond motifs is 1. The highest BCUT2D eigenvalue weighted by molar-refractivity contribution is 7.77. The van der Waals surface area contributed by atoms with Crippen LogP contribution in [0.1, 0.15) is 38.8 Å². The molecule has 1 heterocycles. The molecule has 1 aromatic heterocycles. The van der Waals surface area contributed by atoms with Gasteiger partial charge in [-0.25, -0.2) is 18.7 Å². The molecule has 1 atom stereocenters. The van der Waals surface area contributed by atoms with E-state index in [1.807, 2.05) is 64.1 Å². The number of aromatic nitrogens is 2. The normalized spacial score (nSPS) is 11.8. The maximum absolute atomic E-state index is 13.6. The van der Waals surface area contributed by atoms with Crippen LogP contribution in [-0.4, -0.2) is 85.2 Å². The van der Waals surface area contributed by atoms with Crippen molar-refractivity contribution >= 4 is 51.1 Å². The molecule has 0 saturated carbocycles. The zero-order valence-electron chi connectivity index (χ0n) is 34.1. The first kappa shape index (κ1) is 44.5. The van der Waals surface area contributed by atoms with E-state index in [1.165, 1.54) is 0 Å². The van der Waals surface area contributed by atoms with Gasteiger partial charge in [-0.1, -0.05) is 51.1 Å². The molecule has 0 aliphatic rings. The van der Waals surface area contributed by atoms with Crippen LogP contribution >= 0.6 is 0 Å². The van der Waals surface area contributed by atoms with E-state index in [0.29, 0.717) is 91.9 Å². The number of methoxy groups -OCH3 is 2. The third-order valence-corrected chi connectivity index (χ3v) is 9.00. The van der Waals surface area contributed by atoms with Crippen molar-refractivity contribution in [2.24, 2.45) is 0 Å². The lowest BCUT2D eigenvalue weighted by molar-refractivity contribution is 0.0179. The van der Waals surface area contributed by atoms with E-state index in [9.17, 15) is 13.6 Å². The van der Waals surface area contributed by atoms with Crippen molar-refractivity contribution < 1.29 is 46.7 Å². The summed E-state index contributed by atoms with van der Waals surface area (Å²) in [4.78, 5) is 22.6. The highest BCUT2D eigenvalue weighted by atomic mass is 32.2. The predicted octanol–water partition coefficient (Wildman–Crippen LogP) is 7.80. The number of benzene rings is 4. The maximum atomic E-state index is 13.6. The van der Waals surface area contributed by atoms with E-state index in [2.05, 4.69) is 30.6 Å². The smallest absolute Gasteiger partial charge is 0.323 e. The first-order valence-electron chi connectivity index (χ1n) is 19.0. The second-order valence-corrected chi connectivity index (χ2v) is 14.7. The lowest BCUT2D eigenvalue weighted by atomic mass is 9.85. The lowest BCUT2D eigenvalue weighted by Gasteiger charge is -2.24. The zero-order chi connectivity index (χ0) is 42.2. The quantitative estimate of drug-likeness (QED) is 0.0336. The van der Waals surface area contributed by atoms with E-state index in [-0.39, 0.29) is 23.8 Å². The van der Waals surface area contributed by atoms with E-state index < -0.39 is 17.3 Å². The van der Waals surface area contributed by atoms with Gasteiger partial charge < -0.3 is 49.1 Å². The fourth-order valence-corrected chi connectivity index (χ4v) is 6.05. The minimum atomic E-state index is -2.24. The Hall–Kier alpha value is -5.56. The van der Waals surface area contributed by atoms with Crippen LogP contribution in [0.5, 0.6) is 28.9 Å². The summed E-state index contributed by atoms with van der Waals surface area (Å²) >= 11 is -2.24. The summed E-state index contributed by atoms with van der Waals surface area (Å²) in [5, 5.41) is 10.5. The van der Waals surface area contributed by atoms with Crippen LogP contribution in [0, 0.1) is 0 Å². The highest BCUT2D eigenvalue weighted by Gasteiger charge is 2.22. The first-order chi connectivity index (χ1) is 28.5. The van der Waals surface area contributed by atoms with Crippen LogP contribution in [0.25, 0.3) is 10.8 Å². The van der Waals surface area contributed by atoms with Crippen LogP contribution in [0.4, 0.5) is 27.8 Å². The summed E-state index contributed by atoms with van der Waals surface area (Å²) in [6, 6.07) is 21.3. The molecule has 0 fully saturated rings. The molecule has 0 bridgehead atoms. The topological polar surface area (TPSA) is 193 Å². The zero-order valence-corrected chi connectivity index (χ0v) is 34.9. The molecule has 5 aromatic rings. The van der Waals surface area contributed by atoms with E-state index >= 15 is 0 Å². The number of rotatable bonds is 22. The molecule has 5 N–H and O–H groups in total. The van der Waals surface area contributed by atoms with E-state index in [1.54, 1.807) is 56.8 Å². The number of carbonyl (C=O) groups is 1. The molecule has 316 valence electrons. The van der Waals surface area contributed by atoms with Gasteiger partial charge in [-0.3, -0.25) is 4.55 Å². The Bertz CT molecular complexity index is 2180. The van der Waals surface area contributed by atoms with Gasteiger partial charge in [-0.2, -0.15) is 4.98 Å². The Balaban J connectivity index is 1.28. The Morgan fingerprint density at radius 3 is 2.24 bits per heavy atom. The van der Waals surface area contributed by atoms with Gasteiger partial charge in [0, 0.05) is 66.1 Å². The second-order valence-electron chi connectivity index (χ2n) is 13.9. The molecule has 4 aromatic carbocycles. The number of hydrogen-bond donors (Lipinski definition) is 5. The summed E-state index contributed by atoms with van der Waals surface area (Å²) in [7, 11) is 3.20. The van der Waals surface area contributed by atoms with Gasteiger partial charge in [0.25, 0.3) is 0 Å². The summed E-state index contributed by atoms with van der Waals surface area (Å²) in [6.45, 7) is 11.0. The molecule has 0 spiro atoms. The lowest BCUT2D eigenvalue weighted by Crippen LogP contribution is -2.23. The van der Waals surface area contributed by atoms with Crippen molar-refractivity contribution in [3.63, 3.8) is 0 Å². The molecule has 0 radical (unpaired) electrons. The number of anilines is 4. The van der Waals surface area contributed by atoms with Gasteiger partial charge in [0.15, 0.2) is 0 Å². The first-order valence-corrected chi connectivity index (χ1v) is 20.1. The van der Waals surface area contributed by atoms with Crippen molar-refractivity contribution in [3.8, 4) is 28.9 Å². The van der Waals surface area contributed by atoms with Crippen molar-refractivity contribution in [1.29, 1.82) is 0 Å². The second kappa shape index (κ2) is 22.0. The van der Waals surface area contributed by atoms with E-state index in [0.717, 1.165) is 16.3 Å². The van der Waals surface area contributed by atoms with Crippen LogP contribution in [0.2, 0.25) is 0 Å². The number of nitrogens with one attached hydrogen (secondary N) is 4. The molecule has 16 nitrogen and oxygen atoms in total. The highest BCUT2D eigenvalue weighted by Crippen LogP contribution is 2.37. The average Bonchev–Trinajstić information content (AvgIpc) is 3.20. The van der Waals surface area contributed by atoms with Crippen LogP contribution in [-0.2, 0) is 37.4 Å². The number of nitrogens with zero attached hydrogens (tertiary/aromatic N) is 2. The van der Waals surface area contributed by atoms with Crippen molar-refractivity contribution in [3.05, 3.63) is 90.1 Å². The Kier molecular flexibility index (Phi) is 16.6. The summed E-state index contributed by atoms with van der Waals surface area (Å²) in [5.74, 6) is 2.62. The Labute approximate surface area is 346 Å². The average molecular weight is 833 g/mol. The van der Waals surface area contributed by atoms with Gasteiger partial charge in [0.2, 0.25) is 23.1 Å². The van der Waals surface area contributed by atoms with Gasteiger partial charge >= 0.3 is 6.03 Å². The van der Waals surface area contributed by atoms with Gasteiger partial charge in [0.1, 0.15) is 29.6 Å². The number of amides is 2. The summed E-state index contributed by atoms with van der Waals surface area (Å²) in [6.07, 6.45) is 1.58. The third kappa shape index (κ3) is 13.5. The molecule has 17 heteroatoms. The molecule has 0 saturated heterocycles. The largest absolute Gasteiger partial charge is 0.497 e. The van der Waals surface area contributed by atoms with Crippen LogP contribution < -0.4 is 39.6 Å². The fourth-order valence-electron chi connectivity index (χ4n) is 5.77. The minimum absolute atomic E-state index is 0.0514. The summed E-state index contributed by atoms with van der Waals surface area (Å²) < 4.78 is 62.9. The molecule has 5 rings (SSSR count). The SMILES string of the molecule is CCOc1c(CNS(=O)O)cc(C(C)(C)C)cc1NC(=O)Nc1ccc(Oc2ccnc(Nc3cc(OC)cc(OCCOCCOCCOC)c3)n2)c2ccccc12. The number of hydrogen-bond acceptors (Lipinski definition) is 12. The monoisotopic (exact) mass is 832 g/mol. The van der Waals surface area contributed by atoms with Gasteiger partial charge in [0.05, 0.1) is 58.1 Å². The van der Waals surface area contributed by atoms with E-state index in [4.69, 9.17) is 33.2 Å². The van der Waals surface area contributed by atoms with Crippen LogP contribution in [0.3, 0.4) is 0 Å². The Morgan fingerprint density at radius 1 is 0.814 bits per heavy atom. The molecule has 0 aliphatic heterocycles. The van der Waals surface area contributed by atoms with Crippen molar-refractivity contribution in [2.75, 3.05) is 76.4 Å². The van der Waals surface area contributed by atoms with Crippen molar-refractivity contribution in [1.82, 2.24) is 14.7 Å². The predicted molar refractivity (Wildman–Crippen MR) is 228 cm³/mol. The number of urea groups is 1. The number of carbonyl (C=O) groups excluding carboxylic acids is 1. The van der Waals surface area contributed by atoms with Gasteiger partial charge in [-0.15, -0.1) is 0 Å². The molecule has 2 amide bonds. The molecular formula is C42H52N6O10S. The molecule has 1 unspecified atom stereocenters. The molecule has 0 aliphatic carbocycles. The fraction of sp³-hybridized carbons (Fsp3) is 0.357. The Morgan fingerprint density at radius 2 is 1.53 bits per heavy atom. The van der Waals surface area contributed by atoms with Crippen molar-refractivity contribution in [2.45, 2.75) is 39.7 Å². The third-order valence-electron chi connectivity index (χ3n) is 8.60. The summed E-state index contributed by atoms with van der Waals surface area (Å²) in [5.41, 5.74) is 2.84. The maximum Gasteiger partial charge on any atom is 0.323 e. The minimum Gasteiger partial charge on any atom is -0.497 e. The van der Waals surface area contributed by atoms with Gasteiger partial charge in [-0.05, 0) is 36.1 Å². The van der Waals surface area contributed by atoms with Crippen LogP contribution in [0.15, 0.2) is 79.0 Å².